The predicted octanol–water partition coefficient (Wildman–Crippen LogP) is 2.26. The molecule has 1 aromatic rings. The molecule has 1 fully saturated rings. The fourth-order valence-electron chi connectivity index (χ4n) is 2.68. The predicted molar refractivity (Wildman–Crippen MR) is 68.4 cm³/mol. The van der Waals surface area contributed by atoms with Crippen LogP contribution in [0.4, 0.5) is 0 Å². The molecule has 1 saturated carbocycles. The van der Waals surface area contributed by atoms with Crippen LogP contribution in [0.3, 0.4) is 0 Å². The maximum atomic E-state index is 12.0. The van der Waals surface area contributed by atoms with Crippen molar-refractivity contribution in [2.45, 2.75) is 39.0 Å². The van der Waals surface area contributed by atoms with Crippen LogP contribution in [0.15, 0.2) is 16.7 Å². The Kier molecular flexibility index (Phi) is 4.07. The highest BCUT2D eigenvalue weighted by Gasteiger charge is 2.31. The zero-order valence-corrected chi connectivity index (χ0v) is 10.9. The Morgan fingerprint density at radius 1 is 1.44 bits per heavy atom. The smallest absolute Gasteiger partial charge is 0.254 e. The Morgan fingerprint density at radius 2 is 2.17 bits per heavy atom. The van der Waals surface area contributed by atoms with E-state index in [9.17, 15) is 9.90 Å². The number of furan rings is 1. The van der Waals surface area contributed by atoms with Crippen molar-refractivity contribution in [2.75, 3.05) is 13.2 Å². The molecule has 18 heavy (non-hydrogen) atoms. The molecule has 0 aromatic carbocycles. The number of aliphatic hydroxyl groups is 1. The number of aryl methyl sites for hydroxylation is 1. The molecule has 0 spiro atoms. The molecule has 2 rings (SSSR count). The van der Waals surface area contributed by atoms with Crippen molar-refractivity contribution in [3.05, 3.63) is 23.7 Å². The Balaban J connectivity index is 1.94. The lowest BCUT2D eigenvalue weighted by Crippen LogP contribution is -2.41. The van der Waals surface area contributed by atoms with Gasteiger partial charge in [-0.1, -0.05) is 19.3 Å². The quantitative estimate of drug-likeness (QED) is 0.862. The van der Waals surface area contributed by atoms with Crippen LogP contribution in [0.25, 0.3) is 0 Å². The number of rotatable bonds is 4. The van der Waals surface area contributed by atoms with Crippen molar-refractivity contribution in [3.8, 4) is 0 Å². The van der Waals surface area contributed by atoms with Gasteiger partial charge in [-0.25, -0.2) is 0 Å². The van der Waals surface area contributed by atoms with Gasteiger partial charge in [0.05, 0.1) is 18.4 Å². The standard InChI is InChI=1S/C14H21NO3/c1-11-12(5-8-18-11)13(17)15-9-14(10-16)6-3-2-4-7-14/h5,8,16H,2-4,6-7,9-10H2,1H3,(H,15,17). The van der Waals surface area contributed by atoms with Crippen LogP contribution in [0.2, 0.25) is 0 Å². The largest absolute Gasteiger partial charge is 0.469 e. The summed E-state index contributed by atoms with van der Waals surface area (Å²) in [7, 11) is 0. The summed E-state index contributed by atoms with van der Waals surface area (Å²) in [5.74, 6) is 0.522. The summed E-state index contributed by atoms with van der Waals surface area (Å²) in [5.41, 5.74) is 0.463. The lowest BCUT2D eigenvalue weighted by molar-refractivity contribution is 0.0717. The third-order valence-corrected chi connectivity index (χ3v) is 3.98. The summed E-state index contributed by atoms with van der Waals surface area (Å²) >= 11 is 0. The summed E-state index contributed by atoms with van der Waals surface area (Å²) in [6, 6.07) is 1.68. The lowest BCUT2D eigenvalue weighted by Gasteiger charge is -2.35. The lowest BCUT2D eigenvalue weighted by atomic mass is 9.74. The molecule has 2 N–H and O–H groups in total. The first-order valence-corrected chi connectivity index (χ1v) is 6.60. The molecule has 0 bridgehead atoms. The highest BCUT2D eigenvalue weighted by atomic mass is 16.3. The monoisotopic (exact) mass is 251 g/mol. The number of hydrogen-bond donors (Lipinski definition) is 2. The third kappa shape index (κ3) is 2.75. The Bertz CT molecular complexity index is 405. The van der Waals surface area contributed by atoms with Crippen LogP contribution in [-0.2, 0) is 0 Å². The van der Waals surface area contributed by atoms with E-state index in [0.29, 0.717) is 17.9 Å². The van der Waals surface area contributed by atoms with Crippen molar-refractivity contribution in [1.82, 2.24) is 5.32 Å². The molecule has 1 aliphatic carbocycles. The van der Waals surface area contributed by atoms with Gasteiger partial charge in [-0.2, -0.15) is 0 Å². The van der Waals surface area contributed by atoms with E-state index >= 15 is 0 Å². The van der Waals surface area contributed by atoms with Gasteiger partial charge in [-0.3, -0.25) is 4.79 Å². The van der Waals surface area contributed by atoms with Crippen LogP contribution in [0.5, 0.6) is 0 Å². The Hall–Kier alpha value is -1.29. The van der Waals surface area contributed by atoms with Gasteiger partial charge in [0.1, 0.15) is 5.76 Å². The molecule has 0 aliphatic heterocycles. The molecular formula is C14H21NO3. The highest BCUT2D eigenvalue weighted by Crippen LogP contribution is 2.35. The minimum absolute atomic E-state index is 0.111. The van der Waals surface area contributed by atoms with Gasteiger partial charge in [-0.05, 0) is 25.8 Å². The fraction of sp³-hybridized carbons (Fsp3) is 0.643. The maximum Gasteiger partial charge on any atom is 0.254 e. The van der Waals surface area contributed by atoms with Crippen molar-refractivity contribution in [2.24, 2.45) is 5.41 Å². The van der Waals surface area contributed by atoms with E-state index in [2.05, 4.69) is 5.32 Å². The average molecular weight is 251 g/mol. The van der Waals surface area contributed by atoms with Gasteiger partial charge in [0.25, 0.3) is 5.91 Å². The van der Waals surface area contributed by atoms with Crippen LogP contribution in [0.1, 0.15) is 48.2 Å². The minimum Gasteiger partial charge on any atom is -0.469 e. The Labute approximate surface area is 107 Å². The number of amides is 1. The SMILES string of the molecule is Cc1occc1C(=O)NCC1(CO)CCCCC1. The van der Waals surface area contributed by atoms with E-state index in [1.54, 1.807) is 13.0 Å². The second-order valence-corrected chi connectivity index (χ2v) is 5.29. The summed E-state index contributed by atoms with van der Waals surface area (Å²) in [4.78, 5) is 12.0. The third-order valence-electron chi connectivity index (χ3n) is 3.98. The van der Waals surface area contributed by atoms with Crippen LogP contribution < -0.4 is 5.32 Å². The molecule has 4 nitrogen and oxygen atoms in total. The van der Waals surface area contributed by atoms with Crippen LogP contribution in [0, 0.1) is 12.3 Å². The van der Waals surface area contributed by atoms with Gasteiger partial charge in [-0.15, -0.1) is 0 Å². The zero-order valence-electron chi connectivity index (χ0n) is 10.9. The van der Waals surface area contributed by atoms with E-state index < -0.39 is 0 Å². The van der Waals surface area contributed by atoms with E-state index in [1.165, 1.54) is 12.7 Å². The summed E-state index contributed by atoms with van der Waals surface area (Å²) in [6.45, 7) is 2.47. The van der Waals surface area contributed by atoms with E-state index in [-0.39, 0.29) is 17.9 Å². The fourth-order valence-corrected chi connectivity index (χ4v) is 2.68. The molecule has 4 heteroatoms. The average Bonchev–Trinajstić information content (AvgIpc) is 2.83. The first-order valence-electron chi connectivity index (χ1n) is 6.60. The molecule has 0 unspecified atom stereocenters. The number of carbonyl (C=O) groups excluding carboxylic acids is 1. The molecule has 0 saturated heterocycles. The number of carbonyl (C=O) groups is 1. The van der Waals surface area contributed by atoms with Crippen molar-refractivity contribution >= 4 is 5.91 Å². The summed E-state index contributed by atoms with van der Waals surface area (Å²) in [5, 5.41) is 12.5. The maximum absolute atomic E-state index is 12.0. The number of aliphatic hydroxyl groups excluding tert-OH is 1. The van der Waals surface area contributed by atoms with Gasteiger partial charge in [0.15, 0.2) is 0 Å². The topological polar surface area (TPSA) is 62.5 Å². The second kappa shape index (κ2) is 5.57. The first-order chi connectivity index (χ1) is 8.67. The van der Waals surface area contributed by atoms with Gasteiger partial charge < -0.3 is 14.8 Å². The van der Waals surface area contributed by atoms with Crippen molar-refractivity contribution in [1.29, 1.82) is 0 Å². The van der Waals surface area contributed by atoms with Crippen molar-refractivity contribution < 1.29 is 14.3 Å². The molecule has 1 aromatic heterocycles. The number of hydrogen-bond acceptors (Lipinski definition) is 3. The molecule has 1 aliphatic rings. The molecule has 0 radical (unpaired) electrons. The van der Waals surface area contributed by atoms with E-state index in [1.807, 2.05) is 0 Å². The molecular weight excluding hydrogens is 230 g/mol. The summed E-state index contributed by atoms with van der Waals surface area (Å²) in [6.07, 6.45) is 7.02. The van der Waals surface area contributed by atoms with Crippen LogP contribution >= 0.6 is 0 Å². The molecule has 0 atom stereocenters. The first kappa shape index (κ1) is 13.1. The number of nitrogens with one attached hydrogen (secondary N) is 1. The highest BCUT2D eigenvalue weighted by molar-refractivity contribution is 5.95. The van der Waals surface area contributed by atoms with E-state index in [0.717, 1.165) is 25.7 Å². The molecule has 100 valence electrons. The van der Waals surface area contributed by atoms with Gasteiger partial charge in [0, 0.05) is 12.0 Å². The Morgan fingerprint density at radius 3 is 2.72 bits per heavy atom. The zero-order chi connectivity index (χ0) is 13.0. The van der Waals surface area contributed by atoms with Gasteiger partial charge in [0.2, 0.25) is 0 Å². The van der Waals surface area contributed by atoms with Crippen molar-refractivity contribution in [3.63, 3.8) is 0 Å². The van der Waals surface area contributed by atoms with Gasteiger partial charge >= 0.3 is 0 Å². The minimum atomic E-state index is -0.119. The normalized spacial score (nSPS) is 18.6. The molecule has 1 heterocycles. The van der Waals surface area contributed by atoms with E-state index in [4.69, 9.17) is 4.42 Å². The molecule has 1 amide bonds. The summed E-state index contributed by atoms with van der Waals surface area (Å²) < 4.78 is 5.12. The second-order valence-electron chi connectivity index (χ2n) is 5.29. The van der Waals surface area contributed by atoms with Crippen LogP contribution in [-0.4, -0.2) is 24.2 Å².